The molecule has 0 radical (unpaired) electrons. The van der Waals surface area contributed by atoms with Gasteiger partial charge in [0.1, 0.15) is 49.5 Å². The Balaban J connectivity index is 1.64. The Morgan fingerprint density at radius 1 is 0.970 bits per heavy atom. The van der Waals surface area contributed by atoms with Crippen LogP contribution in [0.5, 0.6) is 5.75 Å². The zero-order valence-corrected chi connectivity index (χ0v) is 18.4. The molecular formula is C23H27ClF2O7. The summed E-state index contributed by atoms with van der Waals surface area (Å²) < 4.78 is 39.9. The molecule has 1 fully saturated rings. The third-order valence-electron chi connectivity index (χ3n) is 5.35. The average molecular weight is 489 g/mol. The molecule has 3 rings (SSSR count). The van der Waals surface area contributed by atoms with Crippen LogP contribution < -0.4 is 4.74 Å². The minimum atomic E-state index is -2.50. The zero-order valence-electron chi connectivity index (χ0n) is 17.7. The number of aliphatic hydroxyl groups excluding tert-OH is 4. The van der Waals surface area contributed by atoms with E-state index in [-0.39, 0.29) is 13.2 Å². The first-order chi connectivity index (χ1) is 15.8. The van der Waals surface area contributed by atoms with Crippen LogP contribution in [-0.4, -0.2) is 77.7 Å². The number of aliphatic hydroxyl groups is 4. The van der Waals surface area contributed by atoms with Crippen molar-refractivity contribution in [1.29, 1.82) is 0 Å². The quantitative estimate of drug-likeness (QED) is 0.379. The van der Waals surface area contributed by atoms with Gasteiger partial charge in [-0.1, -0.05) is 35.9 Å². The molecule has 2 aromatic rings. The third-order valence-corrected chi connectivity index (χ3v) is 5.72. The molecule has 33 heavy (non-hydrogen) atoms. The summed E-state index contributed by atoms with van der Waals surface area (Å²) in [5, 5.41) is 40.3. The standard InChI is InChI=1S/C23H27ClF2O7/c24-17-6-3-14(23-22(30)21(29)20(28)18(11-27)33-23)10-15(17)9-13-1-4-16(5-2-13)32-8-7-31-12-19(25)26/h1-6,10,18-23,27-30H,7-9,11-12H2/t18?,20?,21?,22-,23+/m1/s1. The summed E-state index contributed by atoms with van der Waals surface area (Å²) >= 11 is 6.36. The SMILES string of the molecule is OCC1O[C@@H](c2ccc(Cl)c(Cc3ccc(OCCOCC(F)F)cc3)c2)[C@H](O)C(O)C1O. The predicted octanol–water partition coefficient (Wildman–Crippen LogP) is 2.11. The minimum absolute atomic E-state index is 0.0619. The lowest BCUT2D eigenvalue weighted by molar-refractivity contribution is -0.231. The summed E-state index contributed by atoms with van der Waals surface area (Å²) in [6, 6.07) is 12.2. The van der Waals surface area contributed by atoms with E-state index in [1.54, 1.807) is 30.3 Å². The van der Waals surface area contributed by atoms with Crippen molar-refractivity contribution < 1.29 is 43.4 Å². The number of rotatable bonds is 10. The largest absolute Gasteiger partial charge is 0.491 e. The molecule has 5 atom stereocenters. The Labute approximate surface area is 195 Å². The fourth-order valence-electron chi connectivity index (χ4n) is 3.60. The van der Waals surface area contributed by atoms with Crippen molar-refractivity contribution in [3.05, 3.63) is 64.2 Å². The molecule has 4 N–H and O–H groups in total. The van der Waals surface area contributed by atoms with Crippen LogP contribution in [0.3, 0.4) is 0 Å². The van der Waals surface area contributed by atoms with E-state index in [2.05, 4.69) is 0 Å². The first kappa shape index (κ1) is 25.8. The van der Waals surface area contributed by atoms with Gasteiger partial charge in [0.05, 0.1) is 13.2 Å². The smallest absolute Gasteiger partial charge is 0.261 e. The number of halogens is 3. The highest BCUT2D eigenvalue weighted by atomic mass is 35.5. The molecule has 0 aromatic heterocycles. The molecule has 1 aliphatic heterocycles. The molecule has 0 amide bonds. The van der Waals surface area contributed by atoms with Crippen molar-refractivity contribution in [1.82, 2.24) is 0 Å². The molecule has 10 heteroatoms. The van der Waals surface area contributed by atoms with E-state index in [0.29, 0.717) is 22.8 Å². The minimum Gasteiger partial charge on any atom is -0.491 e. The van der Waals surface area contributed by atoms with Crippen molar-refractivity contribution >= 4 is 11.6 Å². The summed E-state index contributed by atoms with van der Waals surface area (Å²) in [4.78, 5) is 0. The average Bonchev–Trinajstić information content (AvgIpc) is 2.80. The Morgan fingerprint density at radius 3 is 2.36 bits per heavy atom. The van der Waals surface area contributed by atoms with Crippen molar-refractivity contribution in [2.24, 2.45) is 0 Å². The molecule has 3 unspecified atom stereocenters. The zero-order chi connectivity index (χ0) is 24.0. The van der Waals surface area contributed by atoms with Crippen LogP contribution in [0.15, 0.2) is 42.5 Å². The third kappa shape index (κ3) is 6.83. The first-order valence-corrected chi connectivity index (χ1v) is 10.8. The predicted molar refractivity (Wildman–Crippen MR) is 116 cm³/mol. The van der Waals surface area contributed by atoms with E-state index in [0.717, 1.165) is 11.1 Å². The fourth-order valence-corrected chi connectivity index (χ4v) is 3.78. The lowest BCUT2D eigenvalue weighted by atomic mass is 9.90. The molecule has 0 saturated carbocycles. The van der Waals surface area contributed by atoms with Gasteiger partial charge in [-0.25, -0.2) is 8.78 Å². The molecule has 1 saturated heterocycles. The van der Waals surface area contributed by atoms with Gasteiger partial charge in [0.2, 0.25) is 0 Å². The van der Waals surface area contributed by atoms with Crippen LogP contribution in [0, 0.1) is 0 Å². The second kappa shape index (κ2) is 12.0. The van der Waals surface area contributed by atoms with E-state index in [1.807, 2.05) is 12.1 Å². The van der Waals surface area contributed by atoms with Gasteiger partial charge in [-0.2, -0.15) is 0 Å². The summed E-state index contributed by atoms with van der Waals surface area (Å²) in [5.41, 5.74) is 2.22. The summed E-state index contributed by atoms with van der Waals surface area (Å²) in [7, 11) is 0. The molecule has 1 heterocycles. The lowest BCUT2D eigenvalue weighted by Gasteiger charge is -2.40. The fraction of sp³-hybridized carbons (Fsp3) is 0.478. The van der Waals surface area contributed by atoms with Crippen LogP contribution in [-0.2, 0) is 15.9 Å². The Kier molecular flexibility index (Phi) is 9.39. The summed E-state index contributed by atoms with van der Waals surface area (Å²) in [6.45, 7) is -0.911. The van der Waals surface area contributed by atoms with Crippen molar-refractivity contribution in [3.8, 4) is 5.75 Å². The van der Waals surface area contributed by atoms with Gasteiger partial charge in [-0.3, -0.25) is 0 Å². The highest BCUT2D eigenvalue weighted by Crippen LogP contribution is 2.34. The van der Waals surface area contributed by atoms with Crippen molar-refractivity contribution in [2.75, 3.05) is 26.4 Å². The molecule has 0 bridgehead atoms. The maximum atomic E-state index is 12.0. The number of hydrogen-bond donors (Lipinski definition) is 4. The van der Waals surface area contributed by atoms with Crippen LogP contribution in [0.1, 0.15) is 22.8 Å². The van der Waals surface area contributed by atoms with Gasteiger partial charge in [0.15, 0.2) is 0 Å². The number of ether oxygens (including phenoxy) is 3. The molecule has 182 valence electrons. The Hall–Kier alpha value is -1.85. The van der Waals surface area contributed by atoms with Gasteiger partial charge >= 0.3 is 0 Å². The van der Waals surface area contributed by atoms with Crippen molar-refractivity contribution in [2.45, 2.75) is 43.4 Å². The topological polar surface area (TPSA) is 109 Å². The van der Waals surface area contributed by atoms with Crippen LogP contribution in [0.4, 0.5) is 8.78 Å². The normalized spacial score (nSPS) is 25.4. The number of benzene rings is 2. The molecule has 2 aromatic carbocycles. The molecule has 7 nitrogen and oxygen atoms in total. The highest BCUT2D eigenvalue weighted by Gasteiger charge is 2.44. The second-order valence-corrected chi connectivity index (χ2v) is 8.14. The van der Waals surface area contributed by atoms with E-state index in [1.165, 1.54) is 0 Å². The lowest BCUT2D eigenvalue weighted by Crippen LogP contribution is -2.55. The molecule has 0 spiro atoms. The number of alkyl halides is 2. The maximum Gasteiger partial charge on any atom is 0.261 e. The van der Waals surface area contributed by atoms with Gasteiger partial charge in [-0.15, -0.1) is 0 Å². The van der Waals surface area contributed by atoms with Crippen LogP contribution in [0.2, 0.25) is 5.02 Å². The Bertz CT molecular complexity index is 882. The van der Waals surface area contributed by atoms with Gasteiger partial charge < -0.3 is 34.6 Å². The van der Waals surface area contributed by atoms with Crippen LogP contribution in [0.25, 0.3) is 0 Å². The maximum absolute atomic E-state index is 12.0. The van der Waals surface area contributed by atoms with Crippen molar-refractivity contribution in [3.63, 3.8) is 0 Å². The Morgan fingerprint density at radius 2 is 1.70 bits per heavy atom. The monoisotopic (exact) mass is 488 g/mol. The number of hydrogen-bond acceptors (Lipinski definition) is 7. The first-order valence-electron chi connectivity index (χ1n) is 10.5. The molecule has 1 aliphatic rings. The second-order valence-electron chi connectivity index (χ2n) is 7.74. The van der Waals surface area contributed by atoms with E-state index in [4.69, 9.17) is 25.8 Å². The highest BCUT2D eigenvalue weighted by molar-refractivity contribution is 6.31. The van der Waals surface area contributed by atoms with E-state index >= 15 is 0 Å². The van der Waals surface area contributed by atoms with Gasteiger partial charge in [0, 0.05) is 5.02 Å². The van der Waals surface area contributed by atoms with Gasteiger partial charge in [0.25, 0.3) is 6.43 Å². The summed E-state index contributed by atoms with van der Waals surface area (Å²) in [5.74, 6) is 0.570. The molecule has 0 aliphatic carbocycles. The van der Waals surface area contributed by atoms with Crippen LogP contribution >= 0.6 is 11.6 Å². The molecular weight excluding hydrogens is 462 g/mol. The van der Waals surface area contributed by atoms with E-state index in [9.17, 15) is 29.2 Å². The summed E-state index contributed by atoms with van der Waals surface area (Å²) in [6.07, 6.45) is -8.26. The van der Waals surface area contributed by atoms with Gasteiger partial charge in [-0.05, 0) is 41.3 Å². The van der Waals surface area contributed by atoms with E-state index < -0.39 is 50.2 Å².